The number of nitrogens with zero attached hydrogens (tertiary/aromatic N) is 10. The highest BCUT2D eigenvalue weighted by molar-refractivity contribution is 7.00. The van der Waals surface area contributed by atoms with Gasteiger partial charge in [-0.1, -0.05) is 126 Å². The Balaban J connectivity index is 0.718. The Morgan fingerprint density at radius 1 is 0.469 bits per heavy atom. The number of carbonyl (C=O) groups excluding carboxylic acids is 3. The van der Waals surface area contributed by atoms with Crippen molar-refractivity contribution >= 4 is 136 Å². The lowest BCUT2D eigenvalue weighted by atomic mass is 9.96. The average molecular weight is 1320 g/mol. The molecular formula is C80H54N10O6S2. The van der Waals surface area contributed by atoms with E-state index in [1.807, 2.05) is 67.6 Å². The zero-order valence-corrected chi connectivity index (χ0v) is 54.9. The van der Waals surface area contributed by atoms with Gasteiger partial charge in [-0.15, -0.1) is 0 Å². The van der Waals surface area contributed by atoms with Crippen LogP contribution in [0.1, 0.15) is 34.7 Å². The van der Waals surface area contributed by atoms with Crippen molar-refractivity contribution < 1.29 is 19.1 Å². The molecule has 472 valence electrons. The van der Waals surface area contributed by atoms with Gasteiger partial charge < -0.3 is 14.5 Å². The maximum absolute atomic E-state index is 14.1. The number of imide groups is 3. The van der Waals surface area contributed by atoms with Crippen molar-refractivity contribution in [3.63, 3.8) is 0 Å². The summed E-state index contributed by atoms with van der Waals surface area (Å²) in [7, 11) is 0. The quantitative estimate of drug-likeness (QED) is 0.0779. The molecule has 0 saturated carbocycles. The molecule has 0 spiro atoms. The number of benzene rings is 11. The minimum Gasteiger partial charge on any atom is -0.444 e. The summed E-state index contributed by atoms with van der Waals surface area (Å²) in [5.74, 6) is -2.13. The fourth-order valence-corrected chi connectivity index (χ4v) is 13.6. The number of carbonyl (C=O) groups is 3. The SMILES string of the molecule is CC1=C(C#N)C(=O)N(C(=O)OCc2ccccc2)C(=O)/C1=N\c1ccc(-c2ccc(N(c3ccc(C)cc3)c3ccc(C)c(-c4ccc5cc6/c(=N/c7ccc(-c8ccc(N(c9ccc(C)cc9)c9ccc(C)cc9)cc8)c8nsnc78)c(=O)c(=O)c6cc5c4)c3)cc2)c2nsnc12. The first-order chi connectivity index (χ1) is 47.7. The molecule has 98 heavy (non-hydrogen) atoms. The van der Waals surface area contributed by atoms with Crippen molar-refractivity contribution in [3.05, 3.63) is 289 Å². The van der Waals surface area contributed by atoms with E-state index >= 15 is 0 Å². The number of aryl methyl sites for hydroxylation is 4. The minimum atomic E-state index is -1.23. The van der Waals surface area contributed by atoms with E-state index in [4.69, 9.17) is 14.1 Å². The van der Waals surface area contributed by atoms with Crippen LogP contribution in [0.25, 0.3) is 77.0 Å². The molecule has 0 N–H and O–H groups in total. The molecule has 3 amide bonds. The molecular weight excluding hydrogens is 1260 g/mol. The van der Waals surface area contributed by atoms with Gasteiger partial charge in [-0.2, -0.15) is 27.7 Å². The predicted molar refractivity (Wildman–Crippen MR) is 388 cm³/mol. The topological polar surface area (TPSA) is 204 Å². The standard InChI is InChI=1S/C80H54N10O6S2/c1-45-11-24-56(25-12-45)88(57-26-13-46(2)14-27-57)59-31-20-51(21-32-59)63-36-38-69(75-72(63)85-98-87-75)83-73-65-40-53-18-19-54(39-55(53)41-66(65)76(91)77(73)92)64-42-61(30-17-48(64)4)89(58-28-15-47(3)16-29-58)60-33-22-52(23-34-60)62-35-37-68(74-71(62)84-97-86-74)82-70-49(5)67(43-81)78(93)90(79(70)94)80(95)96-44-50-9-7-6-8-10-50/h6-42H,44H2,1-5H3/b82-70-,83-73-. The predicted octanol–water partition coefficient (Wildman–Crippen LogP) is 17.6. The van der Waals surface area contributed by atoms with Crippen LogP contribution in [0.2, 0.25) is 0 Å². The molecule has 0 fully saturated rings. The summed E-state index contributed by atoms with van der Waals surface area (Å²) in [5, 5.41) is 12.5. The summed E-state index contributed by atoms with van der Waals surface area (Å²) in [6.45, 7) is 9.50. The molecule has 12 aromatic carbocycles. The third-order valence-electron chi connectivity index (χ3n) is 17.7. The summed E-state index contributed by atoms with van der Waals surface area (Å²) in [4.78, 5) is 83.0. The normalized spacial score (nSPS) is 13.2. The first-order valence-corrected chi connectivity index (χ1v) is 32.8. The third kappa shape index (κ3) is 11.3. The fraction of sp³-hybridized carbons (Fsp3) is 0.0750. The van der Waals surface area contributed by atoms with E-state index in [0.717, 1.165) is 113 Å². The molecule has 2 aromatic heterocycles. The van der Waals surface area contributed by atoms with Crippen molar-refractivity contribution in [1.82, 2.24) is 22.4 Å². The van der Waals surface area contributed by atoms with Gasteiger partial charge >= 0.3 is 6.09 Å². The number of fused-ring (bicyclic) bond motifs is 4. The number of anilines is 6. The van der Waals surface area contributed by atoms with Crippen LogP contribution in [0.15, 0.2) is 255 Å². The smallest absolute Gasteiger partial charge is 0.424 e. The lowest BCUT2D eigenvalue weighted by Gasteiger charge is -2.27. The number of amides is 3. The third-order valence-corrected chi connectivity index (χ3v) is 18.8. The second kappa shape index (κ2) is 25.3. The van der Waals surface area contributed by atoms with Gasteiger partial charge in [-0.25, -0.2) is 14.8 Å². The van der Waals surface area contributed by atoms with Crippen LogP contribution in [0.5, 0.6) is 0 Å². The number of rotatable bonds is 13. The Labute approximate surface area is 569 Å². The number of hydrogen-bond acceptors (Lipinski definition) is 17. The summed E-state index contributed by atoms with van der Waals surface area (Å²) in [6, 6.07) is 75.7. The van der Waals surface area contributed by atoms with E-state index in [-0.39, 0.29) is 34.3 Å². The van der Waals surface area contributed by atoms with E-state index in [0.29, 0.717) is 43.6 Å². The largest absolute Gasteiger partial charge is 0.444 e. The monoisotopic (exact) mass is 1310 g/mol. The molecule has 18 heteroatoms. The highest BCUT2D eigenvalue weighted by atomic mass is 32.1. The Kier molecular flexibility index (Phi) is 15.9. The molecule has 15 rings (SSSR count). The molecule has 0 bridgehead atoms. The van der Waals surface area contributed by atoms with E-state index in [1.54, 1.807) is 42.5 Å². The minimum absolute atomic E-state index is 0.0116. The van der Waals surface area contributed by atoms with Gasteiger partial charge in [0.25, 0.3) is 17.2 Å². The summed E-state index contributed by atoms with van der Waals surface area (Å²) < 4.78 is 24.0. The van der Waals surface area contributed by atoms with Gasteiger partial charge in [-0.05, 0) is 194 Å². The zero-order valence-electron chi connectivity index (χ0n) is 53.3. The summed E-state index contributed by atoms with van der Waals surface area (Å²) in [6.07, 6.45) is -1.23. The summed E-state index contributed by atoms with van der Waals surface area (Å²) >= 11 is 2.03. The molecule has 1 aliphatic heterocycles. The second-order valence-corrected chi connectivity index (χ2v) is 25.2. The first-order valence-electron chi connectivity index (χ1n) is 31.3. The Morgan fingerprint density at radius 3 is 1.49 bits per heavy atom. The molecule has 16 nitrogen and oxygen atoms in total. The first kappa shape index (κ1) is 61.6. The lowest BCUT2D eigenvalue weighted by Crippen LogP contribution is -2.50. The van der Waals surface area contributed by atoms with Crippen LogP contribution in [0, 0.1) is 39.0 Å². The van der Waals surface area contributed by atoms with E-state index in [2.05, 4.69) is 176 Å². The van der Waals surface area contributed by atoms with Crippen molar-refractivity contribution in [2.75, 3.05) is 9.80 Å². The van der Waals surface area contributed by atoms with E-state index in [1.165, 1.54) is 18.1 Å². The highest BCUT2D eigenvalue weighted by Crippen LogP contribution is 2.43. The maximum Gasteiger partial charge on any atom is 0.424 e. The lowest BCUT2D eigenvalue weighted by molar-refractivity contribution is -0.136. The Bertz CT molecular complexity index is 5830. The van der Waals surface area contributed by atoms with Crippen LogP contribution in [-0.2, 0) is 20.9 Å². The van der Waals surface area contributed by atoms with Crippen molar-refractivity contribution in [2.24, 2.45) is 9.98 Å². The van der Waals surface area contributed by atoms with Gasteiger partial charge in [0.05, 0.1) is 34.8 Å². The Morgan fingerprint density at radius 2 is 0.949 bits per heavy atom. The van der Waals surface area contributed by atoms with Crippen molar-refractivity contribution in [3.8, 4) is 39.4 Å². The zero-order chi connectivity index (χ0) is 67.5. The van der Waals surface area contributed by atoms with Gasteiger partial charge in [0.1, 0.15) is 51.4 Å². The van der Waals surface area contributed by atoms with Gasteiger partial charge in [0, 0.05) is 61.6 Å². The number of aromatic nitrogens is 4. The van der Waals surface area contributed by atoms with E-state index in [9.17, 15) is 29.2 Å². The van der Waals surface area contributed by atoms with Crippen LogP contribution >= 0.6 is 23.5 Å². The number of ether oxygens (including phenoxy) is 1. The molecule has 14 aromatic rings. The molecule has 0 unspecified atom stereocenters. The average Bonchev–Trinajstić information content (AvgIpc) is 1.68. The van der Waals surface area contributed by atoms with Crippen molar-refractivity contribution in [1.29, 1.82) is 5.26 Å². The second-order valence-electron chi connectivity index (χ2n) is 24.1. The molecule has 0 aliphatic carbocycles. The molecule has 0 saturated heterocycles. The van der Waals surface area contributed by atoms with E-state index < -0.39 is 34.3 Å². The number of hydrogen-bond donors (Lipinski definition) is 0. The van der Waals surface area contributed by atoms with Crippen LogP contribution in [0.3, 0.4) is 0 Å². The maximum atomic E-state index is 14.1. The van der Waals surface area contributed by atoms with Gasteiger partial charge in [-0.3, -0.25) is 19.2 Å². The van der Waals surface area contributed by atoms with Crippen LogP contribution < -0.4 is 26.0 Å². The molecule has 0 atom stereocenters. The van der Waals surface area contributed by atoms with Gasteiger partial charge in [0.2, 0.25) is 5.43 Å². The molecule has 1 aliphatic rings. The molecule has 3 heterocycles. The van der Waals surface area contributed by atoms with Crippen LogP contribution in [0.4, 0.5) is 50.3 Å². The van der Waals surface area contributed by atoms with Crippen molar-refractivity contribution in [2.45, 2.75) is 41.2 Å². The summed E-state index contributed by atoms with van der Waals surface area (Å²) in [5.41, 5.74) is 16.8. The number of nitriles is 1. The Hall–Kier alpha value is -12.6. The molecule has 0 radical (unpaired) electrons. The number of aliphatic imine (C=N–C) groups is 1. The fourth-order valence-electron chi connectivity index (χ4n) is 12.5. The van der Waals surface area contributed by atoms with Crippen LogP contribution in [-0.4, -0.2) is 46.0 Å². The highest BCUT2D eigenvalue weighted by Gasteiger charge is 2.42. The van der Waals surface area contributed by atoms with Gasteiger partial charge in [0.15, 0.2) is 0 Å².